The molecule has 1 aromatic heterocycles. The Morgan fingerprint density at radius 3 is 2.54 bits per heavy atom. The molecule has 0 amide bonds. The minimum atomic E-state index is 0.268. The highest BCUT2D eigenvalue weighted by Crippen LogP contribution is 2.27. The first-order valence-electron chi connectivity index (χ1n) is 8.72. The van der Waals surface area contributed by atoms with Gasteiger partial charge in [-0.1, -0.05) is 30.3 Å². The van der Waals surface area contributed by atoms with E-state index in [4.69, 9.17) is 5.73 Å². The van der Waals surface area contributed by atoms with Crippen molar-refractivity contribution >= 4 is 5.82 Å². The van der Waals surface area contributed by atoms with E-state index in [1.807, 2.05) is 13.0 Å². The van der Waals surface area contributed by atoms with Gasteiger partial charge in [-0.15, -0.1) is 0 Å². The normalized spacial score (nSPS) is 16.3. The SMILES string of the molecule is Cc1nc(CN)cc(N(C)C(CN2CCCC2)c2ccccc2)n1. The number of nitrogens with two attached hydrogens (primary N) is 1. The second-order valence-corrected chi connectivity index (χ2v) is 6.51. The third kappa shape index (κ3) is 3.91. The van der Waals surface area contributed by atoms with Gasteiger partial charge in [0.25, 0.3) is 0 Å². The number of nitrogens with zero attached hydrogens (tertiary/aromatic N) is 4. The predicted octanol–water partition coefficient (Wildman–Crippen LogP) is 2.52. The summed E-state index contributed by atoms with van der Waals surface area (Å²) < 4.78 is 0. The molecule has 2 aromatic rings. The predicted molar refractivity (Wildman–Crippen MR) is 97.9 cm³/mol. The number of hydrogen-bond acceptors (Lipinski definition) is 5. The minimum Gasteiger partial charge on any atom is -0.351 e. The van der Waals surface area contributed by atoms with Crippen LogP contribution in [0.5, 0.6) is 0 Å². The van der Waals surface area contributed by atoms with Crippen LogP contribution in [0.15, 0.2) is 36.4 Å². The standard InChI is InChI=1S/C19H27N5/c1-15-21-17(13-20)12-19(22-15)23(2)18(14-24-10-6-7-11-24)16-8-4-3-5-9-16/h3-5,8-9,12,18H,6-7,10-11,13-14,20H2,1-2H3. The zero-order valence-corrected chi connectivity index (χ0v) is 14.7. The number of aromatic nitrogens is 2. The topological polar surface area (TPSA) is 58.3 Å². The first-order valence-corrected chi connectivity index (χ1v) is 8.72. The summed E-state index contributed by atoms with van der Waals surface area (Å²) in [7, 11) is 2.12. The van der Waals surface area contributed by atoms with Gasteiger partial charge < -0.3 is 15.5 Å². The third-order valence-corrected chi connectivity index (χ3v) is 4.73. The maximum absolute atomic E-state index is 5.79. The molecule has 1 fully saturated rings. The van der Waals surface area contributed by atoms with Crippen LogP contribution in [0, 0.1) is 6.92 Å². The second kappa shape index (κ2) is 7.73. The fourth-order valence-electron chi connectivity index (χ4n) is 3.39. The van der Waals surface area contributed by atoms with Crippen molar-refractivity contribution in [2.45, 2.75) is 32.4 Å². The molecule has 2 heterocycles. The maximum Gasteiger partial charge on any atom is 0.132 e. The number of anilines is 1. The zero-order valence-electron chi connectivity index (χ0n) is 14.7. The van der Waals surface area contributed by atoms with Crippen LogP contribution >= 0.6 is 0 Å². The van der Waals surface area contributed by atoms with Crippen LogP contribution in [0.3, 0.4) is 0 Å². The maximum atomic E-state index is 5.79. The van der Waals surface area contributed by atoms with Crippen LogP contribution in [0.25, 0.3) is 0 Å². The lowest BCUT2D eigenvalue weighted by Crippen LogP contribution is -2.35. The molecule has 1 aliphatic heterocycles. The van der Waals surface area contributed by atoms with E-state index in [0.717, 1.165) is 23.9 Å². The summed E-state index contributed by atoms with van der Waals surface area (Å²) in [5, 5.41) is 0. The summed E-state index contributed by atoms with van der Waals surface area (Å²) in [6, 6.07) is 13.0. The highest BCUT2D eigenvalue weighted by atomic mass is 15.2. The fourth-order valence-corrected chi connectivity index (χ4v) is 3.39. The Morgan fingerprint density at radius 1 is 1.17 bits per heavy atom. The average molecular weight is 325 g/mol. The lowest BCUT2D eigenvalue weighted by Gasteiger charge is -2.33. The van der Waals surface area contributed by atoms with Crippen LogP contribution in [-0.4, -0.2) is 41.5 Å². The Labute approximate surface area is 144 Å². The largest absolute Gasteiger partial charge is 0.351 e. The Bertz CT molecular complexity index is 652. The van der Waals surface area contributed by atoms with Crippen molar-refractivity contribution < 1.29 is 0 Å². The summed E-state index contributed by atoms with van der Waals surface area (Å²) in [5.74, 6) is 1.71. The van der Waals surface area contributed by atoms with E-state index in [2.05, 4.69) is 57.1 Å². The van der Waals surface area contributed by atoms with Gasteiger partial charge in [0.05, 0.1) is 11.7 Å². The lowest BCUT2D eigenvalue weighted by atomic mass is 10.0. The monoisotopic (exact) mass is 325 g/mol. The molecule has 5 heteroatoms. The van der Waals surface area contributed by atoms with Gasteiger partial charge in [0, 0.05) is 26.2 Å². The molecular weight excluding hydrogens is 298 g/mol. The van der Waals surface area contributed by atoms with E-state index in [-0.39, 0.29) is 6.04 Å². The summed E-state index contributed by atoms with van der Waals surface area (Å²) >= 11 is 0. The first-order chi connectivity index (χ1) is 11.7. The fraction of sp³-hybridized carbons (Fsp3) is 0.474. The van der Waals surface area contributed by atoms with Crippen molar-refractivity contribution in [2.24, 2.45) is 5.73 Å². The highest BCUT2D eigenvalue weighted by molar-refractivity contribution is 5.43. The van der Waals surface area contributed by atoms with Crippen molar-refractivity contribution in [1.29, 1.82) is 0 Å². The molecule has 128 valence electrons. The molecule has 24 heavy (non-hydrogen) atoms. The van der Waals surface area contributed by atoms with Gasteiger partial charge in [-0.3, -0.25) is 0 Å². The molecule has 5 nitrogen and oxygen atoms in total. The second-order valence-electron chi connectivity index (χ2n) is 6.51. The van der Waals surface area contributed by atoms with Gasteiger partial charge in [0.2, 0.25) is 0 Å². The number of likely N-dealkylation sites (tertiary alicyclic amines) is 1. The molecule has 0 spiro atoms. The Hall–Kier alpha value is -1.98. The number of benzene rings is 1. The summed E-state index contributed by atoms with van der Waals surface area (Å²) in [4.78, 5) is 13.9. The van der Waals surface area contributed by atoms with E-state index >= 15 is 0 Å². The molecule has 3 rings (SSSR count). The van der Waals surface area contributed by atoms with Crippen LogP contribution in [0.4, 0.5) is 5.82 Å². The van der Waals surface area contributed by atoms with E-state index in [1.54, 1.807) is 0 Å². The van der Waals surface area contributed by atoms with Gasteiger partial charge in [0.1, 0.15) is 11.6 Å². The zero-order chi connectivity index (χ0) is 16.9. The molecular formula is C19H27N5. The molecule has 2 N–H and O–H groups in total. The lowest BCUT2D eigenvalue weighted by molar-refractivity contribution is 0.311. The smallest absolute Gasteiger partial charge is 0.132 e. The van der Waals surface area contributed by atoms with Crippen molar-refractivity contribution in [3.05, 3.63) is 53.5 Å². The molecule has 1 saturated heterocycles. The first kappa shape index (κ1) is 16.9. The number of hydrogen-bond donors (Lipinski definition) is 1. The Balaban J connectivity index is 1.90. The third-order valence-electron chi connectivity index (χ3n) is 4.73. The molecule has 0 aliphatic carbocycles. The Morgan fingerprint density at radius 2 is 1.88 bits per heavy atom. The van der Waals surface area contributed by atoms with Gasteiger partial charge in [0.15, 0.2) is 0 Å². The quantitative estimate of drug-likeness (QED) is 0.884. The summed E-state index contributed by atoms with van der Waals surface area (Å²) in [5.41, 5.74) is 7.99. The molecule has 1 aromatic carbocycles. The van der Waals surface area contributed by atoms with Crippen LogP contribution in [-0.2, 0) is 6.54 Å². The van der Waals surface area contributed by atoms with E-state index in [9.17, 15) is 0 Å². The van der Waals surface area contributed by atoms with Gasteiger partial charge in [-0.25, -0.2) is 9.97 Å². The van der Waals surface area contributed by atoms with Crippen molar-refractivity contribution in [3.8, 4) is 0 Å². The van der Waals surface area contributed by atoms with Crippen LogP contribution in [0.2, 0.25) is 0 Å². The molecule has 1 atom stereocenters. The van der Waals surface area contributed by atoms with Crippen molar-refractivity contribution in [3.63, 3.8) is 0 Å². The number of rotatable bonds is 6. The molecule has 1 unspecified atom stereocenters. The van der Waals surface area contributed by atoms with Gasteiger partial charge in [-0.2, -0.15) is 0 Å². The van der Waals surface area contributed by atoms with Gasteiger partial charge in [-0.05, 0) is 38.4 Å². The van der Waals surface area contributed by atoms with Crippen LogP contribution < -0.4 is 10.6 Å². The molecule has 0 radical (unpaired) electrons. The van der Waals surface area contributed by atoms with E-state index in [0.29, 0.717) is 6.54 Å². The van der Waals surface area contributed by atoms with Crippen molar-refractivity contribution in [2.75, 3.05) is 31.6 Å². The number of aryl methyl sites for hydroxylation is 1. The summed E-state index contributed by atoms with van der Waals surface area (Å²) in [6.07, 6.45) is 2.60. The van der Waals surface area contributed by atoms with Crippen LogP contribution in [0.1, 0.15) is 36.0 Å². The van der Waals surface area contributed by atoms with E-state index < -0.39 is 0 Å². The minimum absolute atomic E-state index is 0.268. The van der Waals surface area contributed by atoms with Gasteiger partial charge >= 0.3 is 0 Å². The number of likely N-dealkylation sites (N-methyl/N-ethyl adjacent to an activating group) is 1. The van der Waals surface area contributed by atoms with E-state index in [1.165, 1.54) is 31.5 Å². The molecule has 0 bridgehead atoms. The highest BCUT2D eigenvalue weighted by Gasteiger charge is 2.23. The summed E-state index contributed by atoms with van der Waals surface area (Å²) in [6.45, 7) is 5.75. The van der Waals surface area contributed by atoms with Crippen molar-refractivity contribution in [1.82, 2.24) is 14.9 Å². The Kier molecular flexibility index (Phi) is 5.43. The molecule has 0 saturated carbocycles. The molecule has 1 aliphatic rings. The average Bonchev–Trinajstić information content (AvgIpc) is 3.12.